The zero-order valence-corrected chi connectivity index (χ0v) is 16.5. The normalized spacial score (nSPS) is 12.8. The van der Waals surface area contributed by atoms with Gasteiger partial charge in [0.15, 0.2) is 5.96 Å². The molecule has 25 heavy (non-hydrogen) atoms. The van der Waals surface area contributed by atoms with Crippen LogP contribution >= 0.6 is 24.0 Å². The first-order valence-corrected chi connectivity index (χ1v) is 8.19. The van der Waals surface area contributed by atoms with E-state index >= 15 is 0 Å². The lowest BCUT2D eigenvalue weighted by Gasteiger charge is -2.12. The number of aliphatic imine (C=N–C) groups is 1. The van der Waals surface area contributed by atoms with Crippen LogP contribution in [0.25, 0.3) is 0 Å². The minimum absolute atomic E-state index is 0. The summed E-state index contributed by atoms with van der Waals surface area (Å²) >= 11 is 0. The molecule has 1 aliphatic rings. The number of nitrogens with zero attached hydrogens (tertiary/aromatic N) is 1. The quantitative estimate of drug-likeness (QED) is 0.414. The zero-order valence-electron chi connectivity index (χ0n) is 14.2. The van der Waals surface area contributed by atoms with Gasteiger partial charge in [0.1, 0.15) is 11.6 Å². The van der Waals surface area contributed by atoms with Crippen LogP contribution in [0.5, 0.6) is 5.75 Å². The highest BCUT2D eigenvalue weighted by atomic mass is 127. The number of ether oxygens (including phenoxy) is 1. The maximum absolute atomic E-state index is 13.6. The monoisotopic (exact) mass is 455 g/mol. The molecule has 0 saturated heterocycles. The number of halogens is 2. The number of guanidine groups is 1. The van der Waals surface area contributed by atoms with Gasteiger partial charge in [-0.15, -0.1) is 24.0 Å². The molecule has 4 nitrogen and oxygen atoms in total. The van der Waals surface area contributed by atoms with Gasteiger partial charge in [0.25, 0.3) is 0 Å². The molecule has 0 fully saturated rings. The summed E-state index contributed by atoms with van der Waals surface area (Å²) in [5.41, 5.74) is 3.19. The van der Waals surface area contributed by atoms with Crippen molar-refractivity contribution in [3.63, 3.8) is 0 Å². The Morgan fingerprint density at radius 2 is 2.04 bits per heavy atom. The molecule has 0 atom stereocenters. The first-order chi connectivity index (χ1) is 11.8. The van der Waals surface area contributed by atoms with Crippen LogP contribution in [-0.2, 0) is 19.4 Å². The van der Waals surface area contributed by atoms with Crippen LogP contribution in [0.4, 0.5) is 4.39 Å². The molecule has 0 aliphatic carbocycles. The average molecular weight is 455 g/mol. The summed E-state index contributed by atoms with van der Waals surface area (Å²) in [4.78, 5) is 4.17. The molecule has 1 heterocycles. The Labute approximate surface area is 164 Å². The second-order valence-corrected chi connectivity index (χ2v) is 5.73. The fraction of sp³-hybridized carbons (Fsp3) is 0.316. The van der Waals surface area contributed by atoms with E-state index in [1.165, 1.54) is 17.2 Å². The number of nitrogens with one attached hydrogen (secondary N) is 2. The molecule has 0 amide bonds. The minimum atomic E-state index is -0.208. The molecule has 0 aromatic heterocycles. The highest BCUT2D eigenvalue weighted by Gasteiger charge is 2.11. The molecule has 1 aliphatic heterocycles. The number of hydrogen-bond acceptors (Lipinski definition) is 2. The van der Waals surface area contributed by atoms with Crippen LogP contribution in [-0.4, -0.2) is 26.2 Å². The first-order valence-electron chi connectivity index (χ1n) is 8.19. The van der Waals surface area contributed by atoms with Gasteiger partial charge in [-0.25, -0.2) is 4.39 Å². The van der Waals surface area contributed by atoms with Gasteiger partial charge in [0, 0.05) is 32.1 Å². The molecule has 0 saturated carbocycles. The molecule has 2 N–H and O–H groups in total. The number of fused-ring (bicyclic) bond motifs is 1. The molecular weight excluding hydrogens is 432 g/mol. The van der Waals surface area contributed by atoms with E-state index in [-0.39, 0.29) is 29.8 Å². The lowest BCUT2D eigenvalue weighted by Crippen LogP contribution is -2.38. The van der Waals surface area contributed by atoms with Gasteiger partial charge in [-0.1, -0.05) is 30.3 Å². The van der Waals surface area contributed by atoms with E-state index in [4.69, 9.17) is 4.74 Å². The van der Waals surface area contributed by atoms with Crippen molar-refractivity contribution in [1.82, 2.24) is 10.6 Å². The lowest BCUT2D eigenvalue weighted by atomic mass is 10.1. The molecule has 134 valence electrons. The van der Waals surface area contributed by atoms with Crippen molar-refractivity contribution in [2.24, 2.45) is 4.99 Å². The van der Waals surface area contributed by atoms with Crippen molar-refractivity contribution in [2.45, 2.75) is 19.4 Å². The highest BCUT2D eigenvalue weighted by Crippen LogP contribution is 2.25. The van der Waals surface area contributed by atoms with Gasteiger partial charge < -0.3 is 15.4 Å². The van der Waals surface area contributed by atoms with Crippen LogP contribution in [0, 0.1) is 5.82 Å². The summed E-state index contributed by atoms with van der Waals surface area (Å²) < 4.78 is 19.1. The molecule has 2 aromatic rings. The summed E-state index contributed by atoms with van der Waals surface area (Å²) in [5, 5.41) is 6.39. The minimum Gasteiger partial charge on any atom is -0.493 e. The summed E-state index contributed by atoms with van der Waals surface area (Å²) in [6.45, 7) is 1.95. The summed E-state index contributed by atoms with van der Waals surface area (Å²) in [6.07, 6.45) is 1.89. The van der Waals surface area contributed by atoms with Crippen LogP contribution in [0.2, 0.25) is 0 Å². The maximum atomic E-state index is 13.6. The predicted octanol–water partition coefficient (Wildman–Crippen LogP) is 3.29. The SMILES string of the molecule is CN=C(NCCc1ccc2c(c1)CCO2)NCc1ccccc1F.I. The highest BCUT2D eigenvalue weighted by molar-refractivity contribution is 14.0. The zero-order chi connectivity index (χ0) is 16.8. The topological polar surface area (TPSA) is 45.7 Å². The van der Waals surface area contributed by atoms with Crippen molar-refractivity contribution >= 4 is 29.9 Å². The van der Waals surface area contributed by atoms with E-state index in [9.17, 15) is 4.39 Å². The predicted molar refractivity (Wildman–Crippen MR) is 109 cm³/mol. The van der Waals surface area contributed by atoms with Crippen molar-refractivity contribution in [2.75, 3.05) is 20.2 Å². The molecular formula is C19H23FIN3O. The van der Waals surface area contributed by atoms with Crippen LogP contribution in [0.3, 0.4) is 0 Å². The van der Waals surface area contributed by atoms with Crippen molar-refractivity contribution < 1.29 is 9.13 Å². The van der Waals surface area contributed by atoms with Gasteiger partial charge >= 0.3 is 0 Å². The molecule has 3 rings (SSSR count). The van der Waals surface area contributed by atoms with E-state index < -0.39 is 0 Å². The van der Waals surface area contributed by atoms with Crippen molar-refractivity contribution in [3.8, 4) is 5.75 Å². The summed E-state index contributed by atoms with van der Waals surface area (Å²) in [6, 6.07) is 13.1. The standard InChI is InChI=1S/C19H22FN3O.HI/c1-21-19(23-13-16-4-2-3-5-17(16)20)22-10-8-14-6-7-18-15(12-14)9-11-24-18;/h2-7,12H,8-11,13H2,1H3,(H2,21,22,23);1H. The van der Waals surface area contributed by atoms with Gasteiger partial charge in [-0.2, -0.15) is 0 Å². The molecule has 0 unspecified atom stereocenters. The fourth-order valence-electron chi connectivity index (χ4n) is 2.76. The van der Waals surface area contributed by atoms with Crippen LogP contribution < -0.4 is 15.4 Å². The van der Waals surface area contributed by atoms with Gasteiger partial charge in [0.2, 0.25) is 0 Å². The maximum Gasteiger partial charge on any atom is 0.191 e. The second kappa shape index (κ2) is 9.60. The number of benzene rings is 2. The fourth-order valence-corrected chi connectivity index (χ4v) is 2.76. The van der Waals surface area contributed by atoms with E-state index in [0.717, 1.165) is 31.7 Å². The van der Waals surface area contributed by atoms with E-state index in [2.05, 4.69) is 27.8 Å². The molecule has 2 aromatic carbocycles. The van der Waals surface area contributed by atoms with Gasteiger partial charge in [-0.3, -0.25) is 4.99 Å². The summed E-state index contributed by atoms with van der Waals surface area (Å²) in [7, 11) is 1.71. The Kier molecular flexibility index (Phi) is 7.49. The van der Waals surface area contributed by atoms with Crippen LogP contribution in [0.15, 0.2) is 47.5 Å². The Hall–Kier alpha value is -1.83. The third-order valence-corrected chi connectivity index (χ3v) is 4.09. The molecule has 0 bridgehead atoms. The van der Waals surface area contributed by atoms with E-state index in [0.29, 0.717) is 18.1 Å². The number of rotatable bonds is 5. The van der Waals surface area contributed by atoms with E-state index in [1.807, 2.05) is 12.1 Å². The Morgan fingerprint density at radius 3 is 2.84 bits per heavy atom. The lowest BCUT2D eigenvalue weighted by molar-refractivity contribution is 0.357. The molecule has 0 radical (unpaired) electrons. The van der Waals surface area contributed by atoms with E-state index in [1.54, 1.807) is 19.2 Å². The van der Waals surface area contributed by atoms with Crippen molar-refractivity contribution in [1.29, 1.82) is 0 Å². The average Bonchev–Trinajstić information content (AvgIpc) is 3.07. The van der Waals surface area contributed by atoms with Gasteiger partial charge in [0.05, 0.1) is 6.61 Å². The first kappa shape index (κ1) is 19.5. The molecule has 0 spiro atoms. The third kappa shape index (κ3) is 5.32. The Balaban J connectivity index is 0.00000225. The summed E-state index contributed by atoms with van der Waals surface area (Å²) in [5.74, 6) is 1.47. The third-order valence-electron chi connectivity index (χ3n) is 4.09. The van der Waals surface area contributed by atoms with Gasteiger partial charge in [-0.05, 0) is 29.7 Å². The Morgan fingerprint density at radius 1 is 1.20 bits per heavy atom. The molecule has 6 heteroatoms. The Bertz CT molecular complexity index is 736. The largest absolute Gasteiger partial charge is 0.493 e. The number of hydrogen-bond donors (Lipinski definition) is 2. The van der Waals surface area contributed by atoms with Crippen LogP contribution in [0.1, 0.15) is 16.7 Å². The second-order valence-electron chi connectivity index (χ2n) is 5.73. The smallest absolute Gasteiger partial charge is 0.191 e. The van der Waals surface area contributed by atoms with Crippen molar-refractivity contribution in [3.05, 3.63) is 65.0 Å².